The number of rotatable bonds is 8. The van der Waals surface area contributed by atoms with Crippen LogP contribution in [0.3, 0.4) is 0 Å². The van der Waals surface area contributed by atoms with Crippen molar-refractivity contribution in [1.29, 1.82) is 0 Å². The van der Waals surface area contributed by atoms with Gasteiger partial charge in [-0.05, 0) is 35.9 Å². The molecule has 0 amide bonds. The number of aliphatic hydroxyl groups is 1. The normalized spacial score (nSPS) is 14.1. The minimum atomic E-state index is -4.37. The summed E-state index contributed by atoms with van der Waals surface area (Å²) in [5, 5.41) is 13.0. The average molecular weight is 433 g/mol. The van der Waals surface area contributed by atoms with Gasteiger partial charge in [-0.3, -0.25) is 0 Å². The first-order valence-electron chi connectivity index (χ1n) is 7.94. The molecule has 0 heterocycles. The van der Waals surface area contributed by atoms with Gasteiger partial charge in [0.25, 0.3) is 0 Å². The van der Waals surface area contributed by atoms with E-state index in [0.29, 0.717) is 11.3 Å². The summed E-state index contributed by atoms with van der Waals surface area (Å²) in [6, 6.07) is 11.6. The smallest absolute Gasteiger partial charge is 0.416 e. The molecule has 0 aliphatic rings. The van der Waals surface area contributed by atoms with Crippen LogP contribution in [-0.4, -0.2) is 30.4 Å². The van der Waals surface area contributed by atoms with E-state index in [2.05, 4.69) is 21.2 Å². The summed E-state index contributed by atoms with van der Waals surface area (Å²) >= 11 is 3.32. The Morgan fingerprint density at radius 3 is 2.50 bits per heavy atom. The van der Waals surface area contributed by atoms with Gasteiger partial charge in [-0.25, -0.2) is 0 Å². The first-order chi connectivity index (χ1) is 12.3. The van der Waals surface area contributed by atoms with E-state index in [4.69, 9.17) is 10.5 Å². The van der Waals surface area contributed by atoms with Crippen molar-refractivity contribution in [1.82, 2.24) is 5.32 Å². The van der Waals surface area contributed by atoms with Gasteiger partial charge >= 0.3 is 6.18 Å². The van der Waals surface area contributed by atoms with Gasteiger partial charge in [0.1, 0.15) is 12.4 Å². The van der Waals surface area contributed by atoms with Crippen molar-refractivity contribution < 1.29 is 23.0 Å². The highest BCUT2D eigenvalue weighted by atomic mass is 79.9. The summed E-state index contributed by atoms with van der Waals surface area (Å²) in [7, 11) is 0. The highest BCUT2D eigenvalue weighted by Gasteiger charge is 2.30. The zero-order valence-electron chi connectivity index (χ0n) is 13.8. The van der Waals surface area contributed by atoms with Crippen LogP contribution in [0.1, 0.15) is 11.1 Å². The largest absolute Gasteiger partial charge is 0.492 e. The molecule has 26 heavy (non-hydrogen) atoms. The number of nitrogens with two attached hydrogens (primary N) is 1. The van der Waals surface area contributed by atoms with Crippen molar-refractivity contribution >= 4 is 15.9 Å². The third-order valence-corrected chi connectivity index (χ3v) is 4.22. The van der Waals surface area contributed by atoms with Crippen LogP contribution in [0.15, 0.2) is 53.0 Å². The predicted octanol–water partition coefficient (Wildman–Crippen LogP) is 3.32. The molecule has 0 saturated carbocycles. The minimum absolute atomic E-state index is 0.119. The van der Waals surface area contributed by atoms with Crippen molar-refractivity contribution in [2.45, 2.75) is 24.9 Å². The fourth-order valence-corrected chi connectivity index (χ4v) is 2.47. The monoisotopic (exact) mass is 432 g/mol. The lowest BCUT2D eigenvalue weighted by atomic mass is 10.1. The molecule has 2 rings (SSSR count). The Morgan fingerprint density at radius 2 is 1.85 bits per heavy atom. The Morgan fingerprint density at radius 1 is 1.15 bits per heavy atom. The van der Waals surface area contributed by atoms with Gasteiger partial charge in [0.15, 0.2) is 0 Å². The predicted molar refractivity (Wildman–Crippen MR) is 96.8 cm³/mol. The van der Waals surface area contributed by atoms with Crippen LogP contribution in [0.5, 0.6) is 5.75 Å². The van der Waals surface area contributed by atoms with Gasteiger partial charge in [-0.2, -0.15) is 13.2 Å². The molecule has 0 bridgehead atoms. The maximum Gasteiger partial charge on any atom is 0.416 e. The first kappa shape index (κ1) is 20.7. The second-order valence-electron chi connectivity index (χ2n) is 5.83. The molecule has 2 aromatic carbocycles. The maximum atomic E-state index is 12.7. The molecular formula is C18H20BrF3N2O2. The van der Waals surface area contributed by atoms with E-state index in [1.54, 1.807) is 18.2 Å². The summed E-state index contributed by atoms with van der Waals surface area (Å²) in [5.41, 5.74) is 5.66. The van der Waals surface area contributed by atoms with Crippen LogP contribution >= 0.6 is 15.9 Å². The minimum Gasteiger partial charge on any atom is -0.492 e. The van der Waals surface area contributed by atoms with Crippen LogP contribution in [0.2, 0.25) is 0 Å². The highest BCUT2D eigenvalue weighted by molar-refractivity contribution is 9.10. The van der Waals surface area contributed by atoms with Gasteiger partial charge < -0.3 is 20.9 Å². The van der Waals surface area contributed by atoms with E-state index in [-0.39, 0.29) is 19.7 Å². The van der Waals surface area contributed by atoms with Crippen molar-refractivity contribution in [3.05, 3.63) is 64.1 Å². The number of hydrogen-bond acceptors (Lipinski definition) is 4. The molecule has 0 spiro atoms. The standard InChI is InChI=1S/C18H20BrF3N2O2/c19-14-4-6-15(7-5-14)26-11-16(23)17(25)10-24-9-12-2-1-3-13(8-12)18(20,21)22/h1-8,16-17,24-25H,9-11,23H2. The number of aliphatic hydroxyl groups excluding tert-OH is 1. The Bertz CT molecular complexity index is 696. The van der Waals surface area contributed by atoms with Crippen molar-refractivity contribution in [3.8, 4) is 5.75 Å². The lowest BCUT2D eigenvalue weighted by molar-refractivity contribution is -0.137. The molecule has 0 aromatic heterocycles. The molecule has 4 N–H and O–H groups in total. The third kappa shape index (κ3) is 6.60. The molecule has 0 aliphatic heterocycles. The molecule has 4 nitrogen and oxygen atoms in total. The molecule has 142 valence electrons. The lowest BCUT2D eigenvalue weighted by Gasteiger charge is -2.20. The topological polar surface area (TPSA) is 67.5 Å². The van der Waals surface area contributed by atoms with E-state index in [0.717, 1.165) is 16.6 Å². The summed E-state index contributed by atoms with van der Waals surface area (Å²) in [6.07, 6.45) is -5.27. The molecule has 0 saturated heterocycles. The highest BCUT2D eigenvalue weighted by Crippen LogP contribution is 2.29. The SMILES string of the molecule is NC(COc1ccc(Br)cc1)C(O)CNCc1cccc(C(F)(F)F)c1. The number of ether oxygens (including phenoxy) is 1. The Balaban J connectivity index is 1.75. The number of halogens is 4. The number of hydrogen-bond donors (Lipinski definition) is 3. The average Bonchev–Trinajstić information content (AvgIpc) is 2.60. The number of benzene rings is 2. The van der Waals surface area contributed by atoms with Crippen LogP contribution in [0.4, 0.5) is 13.2 Å². The van der Waals surface area contributed by atoms with E-state index < -0.39 is 23.9 Å². The van der Waals surface area contributed by atoms with Crippen molar-refractivity contribution in [2.75, 3.05) is 13.2 Å². The van der Waals surface area contributed by atoms with Gasteiger partial charge in [0.2, 0.25) is 0 Å². The molecule has 0 aliphatic carbocycles. The second kappa shape index (κ2) is 9.36. The Hall–Kier alpha value is -1.61. The molecular weight excluding hydrogens is 413 g/mol. The molecule has 2 aromatic rings. The molecule has 2 unspecified atom stereocenters. The van der Waals surface area contributed by atoms with E-state index in [1.807, 2.05) is 12.1 Å². The van der Waals surface area contributed by atoms with Crippen molar-refractivity contribution in [3.63, 3.8) is 0 Å². The summed E-state index contributed by atoms with van der Waals surface area (Å²) in [5.74, 6) is 0.632. The summed E-state index contributed by atoms with van der Waals surface area (Å²) in [6.45, 7) is 0.455. The van der Waals surface area contributed by atoms with Crippen LogP contribution < -0.4 is 15.8 Å². The van der Waals surface area contributed by atoms with Gasteiger partial charge in [0, 0.05) is 17.6 Å². The fraction of sp³-hybridized carbons (Fsp3) is 0.333. The lowest BCUT2D eigenvalue weighted by Crippen LogP contribution is -2.45. The first-order valence-corrected chi connectivity index (χ1v) is 8.74. The summed E-state index contributed by atoms with van der Waals surface area (Å²) < 4.78 is 44.5. The molecule has 0 fully saturated rings. The van der Waals surface area contributed by atoms with E-state index in [1.165, 1.54) is 6.07 Å². The van der Waals surface area contributed by atoms with Gasteiger partial charge in [0.05, 0.1) is 17.7 Å². The zero-order chi connectivity index (χ0) is 19.2. The zero-order valence-corrected chi connectivity index (χ0v) is 15.4. The number of nitrogens with one attached hydrogen (secondary N) is 1. The molecule has 0 radical (unpaired) electrons. The second-order valence-corrected chi connectivity index (χ2v) is 6.74. The van der Waals surface area contributed by atoms with Crippen LogP contribution in [0.25, 0.3) is 0 Å². The quantitative estimate of drug-likeness (QED) is 0.598. The number of alkyl halides is 3. The van der Waals surface area contributed by atoms with Crippen LogP contribution in [0, 0.1) is 0 Å². The van der Waals surface area contributed by atoms with Gasteiger partial charge in [-0.15, -0.1) is 0 Å². The van der Waals surface area contributed by atoms with Crippen molar-refractivity contribution in [2.24, 2.45) is 5.73 Å². The summed E-state index contributed by atoms with van der Waals surface area (Å²) in [4.78, 5) is 0. The fourth-order valence-electron chi connectivity index (χ4n) is 2.21. The molecule has 8 heteroatoms. The Kier molecular flexibility index (Phi) is 7.45. The maximum absolute atomic E-state index is 12.7. The van der Waals surface area contributed by atoms with E-state index in [9.17, 15) is 18.3 Å². The van der Waals surface area contributed by atoms with E-state index >= 15 is 0 Å². The Labute approximate surface area is 158 Å². The third-order valence-electron chi connectivity index (χ3n) is 3.69. The molecule has 2 atom stereocenters. The van der Waals surface area contributed by atoms with Crippen LogP contribution in [-0.2, 0) is 12.7 Å². The van der Waals surface area contributed by atoms with Gasteiger partial charge in [-0.1, -0.05) is 34.1 Å².